The highest BCUT2D eigenvalue weighted by atomic mass is 16.2. The Morgan fingerprint density at radius 3 is 2.27 bits per heavy atom. The molecule has 15 heavy (non-hydrogen) atoms. The van der Waals surface area contributed by atoms with Crippen LogP contribution in [0, 0.1) is 11.8 Å². The number of aliphatic hydroxyl groups is 1. The van der Waals surface area contributed by atoms with Gasteiger partial charge in [-0.05, 0) is 50.4 Å². The predicted molar refractivity (Wildman–Crippen MR) is 58.3 cm³/mol. The number of hydrogen-bond donors (Lipinski definition) is 2. The summed E-state index contributed by atoms with van der Waals surface area (Å²) in [7, 11) is 0. The lowest BCUT2D eigenvalue weighted by Gasteiger charge is -2.17. The Labute approximate surface area is 91.2 Å². The van der Waals surface area contributed by atoms with Crippen LogP contribution in [0.4, 0.5) is 0 Å². The molecule has 0 bridgehead atoms. The molecule has 0 aromatic carbocycles. The first-order chi connectivity index (χ1) is 7.31. The van der Waals surface area contributed by atoms with Crippen LogP contribution in [0.2, 0.25) is 0 Å². The van der Waals surface area contributed by atoms with Crippen molar-refractivity contribution in [3.05, 3.63) is 0 Å². The molecule has 86 valence electrons. The molecule has 0 aromatic heterocycles. The molecular formula is C12H21NO2. The molecule has 0 aromatic rings. The van der Waals surface area contributed by atoms with Gasteiger partial charge in [0.2, 0.25) is 5.91 Å². The average Bonchev–Trinajstić information content (AvgIpc) is 3.05. The molecule has 2 fully saturated rings. The molecule has 0 radical (unpaired) electrons. The molecule has 1 amide bonds. The molecule has 0 spiro atoms. The van der Waals surface area contributed by atoms with E-state index in [0.717, 1.165) is 24.7 Å². The van der Waals surface area contributed by atoms with Gasteiger partial charge in [0.25, 0.3) is 0 Å². The first-order valence-electron chi connectivity index (χ1n) is 6.21. The van der Waals surface area contributed by atoms with E-state index in [1.165, 1.54) is 25.7 Å². The maximum absolute atomic E-state index is 11.6. The maximum atomic E-state index is 11.6. The summed E-state index contributed by atoms with van der Waals surface area (Å²) in [6.45, 7) is 0.196. The highest BCUT2D eigenvalue weighted by Gasteiger charge is 2.41. The summed E-state index contributed by atoms with van der Waals surface area (Å²) in [5.74, 6) is 1.74. The van der Waals surface area contributed by atoms with E-state index in [1.807, 2.05) is 0 Å². The van der Waals surface area contributed by atoms with E-state index in [2.05, 4.69) is 5.32 Å². The molecule has 0 heterocycles. The van der Waals surface area contributed by atoms with Crippen LogP contribution in [0.15, 0.2) is 0 Å². The normalized spacial score (nSPS) is 20.7. The number of carbonyl (C=O) groups excluding carboxylic acids is 1. The highest BCUT2D eigenvalue weighted by Crippen LogP contribution is 2.44. The Bertz CT molecular complexity index is 210. The van der Waals surface area contributed by atoms with Gasteiger partial charge in [0, 0.05) is 19.1 Å². The smallest absolute Gasteiger partial charge is 0.220 e. The van der Waals surface area contributed by atoms with Crippen molar-refractivity contribution in [2.75, 3.05) is 6.61 Å². The molecule has 3 nitrogen and oxygen atoms in total. The van der Waals surface area contributed by atoms with Crippen LogP contribution in [-0.2, 0) is 4.79 Å². The molecule has 3 heteroatoms. The van der Waals surface area contributed by atoms with Gasteiger partial charge in [-0.25, -0.2) is 0 Å². The number of rotatable bonds is 7. The van der Waals surface area contributed by atoms with Gasteiger partial charge in [-0.3, -0.25) is 4.79 Å². The first kappa shape index (κ1) is 10.9. The van der Waals surface area contributed by atoms with Gasteiger partial charge < -0.3 is 10.4 Å². The van der Waals surface area contributed by atoms with Gasteiger partial charge in [0.15, 0.2) is 0 Å². The van der Waals surface area contributed by atoms with E-state index in [1.54, 1.807) is 0 Å². The monoisotopic (exact) mass is 211 g/mol. The van der Waals surface area contributed by atoms with Crippen molar-refractivity contribution in [3.63, 3.8) is 0 Å². The zero-order chi connectivity index (χ0) is 10.7. The van der Waals surface area contributed by atoms with Gasteiger partial charge >= 0.3 is 0 Å². The summed E-state index contributed by atoms with van der Waals surface area (Å²) < 4.78 is 0. The number of nitrogens with one attached hydrogen (secondary N) is 1. The fraction of sp³-hybridized carbons (Fsp3) is 0.917. The van der Waals surface area contributed by atoms with Gasteiger partial charge in [-0.2, -0.15) is 0 Å². The van der Waals surface area contributed by atoms with Crippen LogP contribution in [-0.4, -0.2) is 23.7 Å². The van der Waals surface area contributed by atoms with Crippen molar-refractivity contribution in [2.45, 2.75) is 51.0 Å². The van der Waals surface area contributed by atoms with Crippen molar-refractivity contribution in [3.8, 4) is 0 Å². The van der Waals surface area contributed by atoms with Crippen molar-refractivity contribution in [2.24, 2.45) is 11.8 Å². The fourth-order valence-corrected chi connectivity index (χ4v) is 2.19. The minimum Gasteiger partial charge on any atom is -0.396 e. The second-order valence-electron chi connectivity index (χ2n) is 4.95. The van der Waals surface area contributed by atoms with Crippen LogP contribution < -0.4 is 5.32 Å². The SMILES string of the molecule is O=C(CCCCO)NC(C1CC1)C1CC1. The summed E-state index contributed by atoms with van der Waals surface area (Å²) in [6.07, 6.45) is 7.35. The Hall–Kier alpha value is -0.570. The minimum absolute atomic E-state index is 0.187. The van der Waals surface area contributed by atoms with Crippen LogP contribution in [0.3, 0.4) is 0 Å². The van der Waals surface area contributed by atoms with Gasteiger partial charge in [-0.15, -0.1) is 0 Å². The van der Waals surface area contributed by atoms with Crippen molar-refractivity contribution < 1.29 is 9.90 Å². The topological polar surface area (TPSA) is 49.3 Å². The van der Waals surface area contributed by atoms with Gasteiger partial charge in [0.1, 0.15) is 0 Å². The summed E-state index contributed by atoms with van der Waals surface area (Å²) in [4.78, 5) is 11.6. The van der Waals surface area contributed by atoms with Crippen molar-refractivity contribution in [1.29, 1.82) is 0 Å². The number of amides is 1. The highest BCUT2D eigenvalue weighted by molar-refractivity contribution is 5.76. The number of hydrogen-bond acceptors (Lipinski definition) is 2. The molecule has 0 unspecified atom stereocenters. The third-order valence-electron chi connectivity index (χ3n) is 3.40. The quantitative estimate of drug-likeness (QED) is 0.626. The molecule has 2 rings (SSSR count). The summed E-state index contributed by atoms with van der Waals surface area (Å²) >= 11 is 0. The maximum Gasteiger partial charge on any atom is 0.220 e. The Balaban J connectivity index is 1.66. The zero-order valence-corrected chi connectivity index (χ0v) is 9.24. The fourth-order valence-electron chi connectivity index (χ4n) is 2.19. The van der Waals surface area contributed by atoms with E-state index < -0.39 is 0 Å². The second kappa shape index (κ2) is 4.97. The molecule has 2 aliphatic rings. The molecule has 2 aliphatic carbocycles. The van der Waals surface area contributed by atoms with Crippen molar-refractivity contribution >= 4 is 5.91 Å². The molecule has 0 aliphatic heterocycles. The molecule has 2 saturated carbocycles. The zero-order valence-electron chi connectivity index (χ0n) is 9.24. The van der Waals surface area contributed by atoms with E-state index >= 15 is 0 Å². The van der Waals surface area contributed by atoms with Crippen LogP contribution >= 0.6 is 0 Å². The van der Waals surface area contributed by atoms with Crippen molar-refractivity contribution in [1.82, 2.24) is 5.32 Å². The van der Waals surface area contributed by atoms with Gasteiger partial charge in [0.05, 0.1) is 0 Å². The average molecular weight is 211 g/mol. The van der Waals surface area contributed by atoms with E-state index in [-0.39, 0.29) is 12.5 Å². The van der Waals surface area contributed by atoms with E-state index in [9.17, 15) is 4.79 Å². The molecule has 0 saturated heterocycles. The Morgan fingerprint density at radius 2 is 1.80 bits per heavy atom. The number of carbonyl (C=O) groups is 1. The van der Waals surface area contributed by atoms with Gasteiger partial charge in [-0.1, -0.05) is 0 Å². The number of unbranched alkanes of at least 4 members (excludes halogenated alkanes) is 1. The summed E-state index contributed by atoms with van der Waals surface area (Å²) in [5, 5.41) is 11.8. The standard InChI is InChI=1S/C12H21NO2/c14-8-2-1-3-11(15)13-12(9-4-5-9)10-6-7-10/h9-10,12,14H,1-8H2,(H,13,15). The summed E-state index contributed by atoms with van der Waals surface area (Å²) in [5.41, 5.74) is 0. The van der Waals surface area contributed by atoms with E-state index in [4.69, 9.17) is 5.11 Å². The predicted octanol–water partition coefficient (Wildman–Crippen LogP) is 1.45. The lowest BCUT2D eigenvalue weighted by atomic mass is 10.1. The third-order valence-corrected chi connectivity index (χ3v) is 3.40. The third kappa shape index (κ3) is 3.49. The largest absolute Gasteiger partial charge is 0.396 e. The minimum atomic E-state index is 0.187. The Kier molecular flexibility index (Phi) is 3.62. The second-order valence-corrected chi connectivity index (χ2v) is 4.95. The molecule has 0 atom stereocenters. The summed E-state index contributed by atoms with van der Waals surface area (Å²) in [6, 6.07) is 0.478. The molecule has 2 N–H and O–H groups in total. The first-order valence-corrected chi connectivity index (χ1v) is 6.21. The van der Waals surface area contributed by atoms with E-state index in [0.29, 0.717) is 12.5 Å². The van der Waals surface area contributed by atoms with Crippen LogP contribution in [0.5, 0.6) is 0 Å². The van der Waals surface area contributed by atoms with Crippen LogP contribution in [0.1, 0.15) is 44.9 Å². The Morgan fingerprint density at radius 1 is 1.20 bits per heavy atom. The van der Waals surface area contributed by atoms with Crippen LogP contribution in [0.25, 0.3) is 0 Å². The molecular weight excluding hydrogens is 190 g/mol. The number of aliphatic hydroxyl groups excluding tert-OH is 1. The lowest BCUT2D eigenvalue weighted by Crippen LogP contribution is -2.37. The lowest BCUT2D eigenvalue weighted by molar-refractivity contribution is -0.122.